The number of nitrogens with one attached hydrogen (secondary N) is 1. The van der Waals surface area contributed by atoms with Crippen LogP contribution >= 0.6 is 0 Å². The fraction of sp³-hybridized carbons (Fsp3) is 0.265. The summed E-state index contributed by atoms with van der Waals surface area (Å²) in [6, 6.07) is 24.2. The van der Waals surface area contributed by atoms with Crippen LogP contribution in [0.25, 0.3) is 43.6 Å². The molecule has 9 rings (SSSR count). The Kier molecular flexibility index (Phi) is 5.18. The number of nitrogens with zero attached hydrogens (tertiary/aromatic N) is 3. The van der Waals surface area contributed by atoms with Crippen LogP contribution in [-0.2, 0) is 31.8 Å². The van der Waals surface area contributed by atoms with Crippen LogP contribution in [0.4, 0.5) is 0 Å². The van der Waals surface area contributed by atoms with E-state index in [9.17, 15) is 13.2 Å². The van der Waals surface area contributed by atoms with Gasteiger partial charge in [-0.15, -0.1) is 0 Å². The molecule has 4 aromatic carbocycles. The Labute approximate surface area is 253 Å². The minimum absolute atomic E-state index is 0.0812. The Bertz CT molecular complexity index is 2330. The summed E-state index contributed by atoms with van der Waals surface area (Å²) < 4.78 is 47.5. The highest BCUT2D eigenvalue weighted by atomic mass is 32.2. The van der Waals surface area contributed by atoms with Crippen molar-refractivity contribution in [1.82, 2.24) is 18.8 Å². The smallest absolute Gasteiger partial charge is 0.252 e. The molecule has 2 bridgehead atoms. The van der Waals surface area contributed by atoms with Gasteiger partial charge in [-0.1, -0.05) is 54.6 Å². The van der Waals surface area contributed by atoms with Crippen LogP contribution in [0.1, 0.15) is 35.5 Å². The SMILES string of the molecule is CO[C@@H]1[C@H](N(C)S(=O)(=O)c2ccccc2)C[C@H]2O[C@]1(C)n1c3ccccc3c3c4c(c5c6ccccc6n2c5c31)C(=O)NC4. The molecule has 0 saturated carbocycles. The number of sulfonamides is 1. The monoisotopic (exact) mass is 606 g/mol. The third-order valence-electron chi connectivity index (χ3n) is 10.1. The molecule has 4 atom stereocenters. The lowest BCUT2D eigenvalue weighted by Crippen LogP contribution is -2.61. The van der Waals surface area contributed by atoms with Crippen molar-refractivity contribution in [3.8, 4) is 0 Å². The fourth-order valence-corrected chi connectivity index (χ4v) is 9.69. The van der Waals surface area contributed by atoms with E-state index in [2.05, 4.69) is 38.7 Å². The minimum atomic E-state index is -3.87. The molecule has 2 aromatic heterocycles. The van der Waals surface area contributed by atoms with Gasteiger partial charge in [0.25, 0.3) is 5.91 Å². The number of rotatable bonds is 4. The number of carbonyl (C=O) groups is 1. The number of aromatic nitrogens is 2. The van der Waals surface area contributed by atoms with Crippen molar-refractivity contribution < 1.29 is 22.7 Å². The maximum Gasteiger partial charge on any atom is 0.252 e. The van der Waals surface area contributed by atoms with Gasteiger partial charge in [0, 0.05) is 48.7 Å². The first kappa shape index (κ1) is 26.2. The molecule has 0 unspecified atom stereocenters. The molecular formula is C34H30N4O5S. The summed E-state index contributed by atoms with van der Waals surface area (Å²) in [5.74, 6) is -0.0812. The number of ether oxygens (including phenoxy) is 2. The minimum Gasteiger partial charge on any atom is -0.375 e. The zero-order valence-electron chi connectivity index (χ0n) is 24.4. The van der Waals surface area contributed by atoms with Crippen LogP contribution in [0.5, 0.6) is 0 Å². The molecule has 0 aliphatic carbocycles. The van der Waals surface area contributed by atoms with Gasteiger partial charge in [0.1, 0.15) is 12.3 Å². The molecule has 1 saturated heterocycles. The van der Waals surface area contributed by atoms with E-state index in [1.807, 2.05) is 31.2 Å². The molecule has 3 aliphatic heterocycles. The number of hydrogen-bond donors (Lipinski definition) is 1. The van der Waals surface area contributed by atoms with E-state index < -0.39 is 34.1 Å². The second-order valence-corrected chi connectivity index (χ2v) is 14.1. The Hall–Kier alpha value is -4.22. The maximum atomic E-state index is 14.1. The van der Waals surface area contributed by atoms with Gasteiger partial charge < -0.3 is 23.9 Å². The van der Waals surface area contributed by atoms with Crippen LogP contribution in [0, 0.1) is 0 Å². The van der Waals surface area contributed by atoms with E-state index in [-0.39, 0.29) is 10.8 Å². The molecular weight excluding hydrogens is 576 g/mol. The van der Waals surface area contributed by atoms with Crippen LogP contribution in [0.2, 0.25) is 0 Å². The quantitative estimate of drug-likeness (QED) is 0.288. The van der Waals surface area contributed by atoms with Gasteiger partial charge in [0.2, 0.25) is 10.0 Å². The van der Waals surface area contributed by atoms with Gasteiger partial charge in [-0.05, 0) is 36.8 Å². The maximum absolute atomic E-state index is 14.1. The summed E-state index contributed by atoms with van der Waals surface area (Å²) in [7, 11) is -0.608. The lowest BCUT2D eigenvalue weighted by molar-refractivity contribution is -0.262. The number of carbonyl (C=O) groups excluding carboxylic acids is 1. The van der Waals surface area contributed by atoms with Gasteiger partial charge in [-0.3, -0.25) is 4.79 Å². The Morgan fingerprint density at radius 1 is 0.932 bits per heavy atom. The first-order valence-electron chi connectivity index (χ1n) is 14.8. The van der Waals surface area contributed by atoms with Crippen molar-refractivity contribution >= 4 is 59.5 Å². The third-order valence-corrected chi connectivity index (χ3v) is 12.0. The summed E-state index contributed by atoms with van der Waals surface area (Å²) in [5, 5.41) is 7.00. The number of methoxy groups -OCH3 is 1. The zero-order chi connectivity index (χ0) is 30.1. The zero-order valence-corrected chi connectivity index (χ0v) is 25.3. The normalized spacial score (nSPS) is 24.5. The van der Waals surface area contributed by atoms with Gasteiger partial charge in [0.15, 0.2) is 5.72 Å². The lowest BCUT2D eigenvalue weighted by Gasteiger charge is -2.50. The summed E-state index contributed by atoms with van der Waals surface area (Å²) in [4.78, 5) is 13.8. The van der Waals surface area contributed by atoms with Crippen LogP contribution in [0.15, 0.2) is 83.8 Å². The van der Waals surface area contributed by atoms with E-state index in [4.69, 9.17) is 9.47 Å². The Morgan fingerprint density at radius 2 is 1.59 bits per heavy atom. The lowest BCUT2D eigenvalue weighted by atomic mass is 9.93. The molecule has 9 nitrogen and oxygen atoms in total. The van der Waals surface area contributed by atoms with Crippen LogP contribution in [0.3, 0.4) is 0 Å². The largest absolute Gasteiger partial charge is 0.375 e. The van der Waals surface area contributed by atoms with Crippen molar-refractivity contribution in [2.75, 3.05) is 14.2 Å². The summed E-state index contributed by atoms with van der Waals surface area (Å²) in [6.07, 6.45) is -0.866. The molecule has 10 heteroatoms. The standard InChI is InChI=1S/C34H30N4O5S/c1-34-32(42-3)25(36(2)44(40,41)19-11-5-4-6-12-19)17-26(43-34)37-23-15-9-7-13-20(23)28-29-22(18-35-33(29)39)27-21-14-8-10-16-24(21)38(34)31(27)30(28)37/h4-16,25-26,32H,17-18H2,1-3H3,(H,35,39)/t25-,26-,32-,34+/m1/s1. The molecule has 0 spiro atoms. The van der Waals surface area contributed by atoms with Crippen molar-refractivity contribution in [1.29, 1.82) is 0 Å². The van der Waals surface area contributed by atoms with E-state index in [1.54, 1.807) is 44.5 Å². The molecule has 6 aromatic rings. The van der Waals surface area contributed by atoms with E-state index in [0.29, 0.717) is 18.5 Å². The molecule has 0 radical (unpaired) electrons. The summed E-state index contributed by atoms with van der Waals surface area (Å²) >= 11 is 0. The number of benzene rings is 4. The first-order chi connectivity index (χ1) is 21.3. The molecule has 3 aliphatic rings. The Balaban J connectivity index is 1.43. The summed E-state index contributed by atoms with van der Waals surface area (Å²) in [5.41, 5.74) is 4.33. The predicted octanol–water partition coefficient (Wildman–Crippen LogP) is 5.46. The van der Waals surface area contributed by atoms with Crippen molar-refractivity contribution in [3.63, 3.8) is 0 Å². The second-order valence-electron chi connectivity index (χ2n) is 12.1. The summed E-state index contributed by atoms with van der Waals surface area (Å²) in [6.45, 7) is 2.44. The molecule has 44 heavy (non-hydrogen) atoms. The highest BCUT2D eigenvalue weighted by Gasteiger charge is 2.55. The number of fused-ring (bicyclic) bond motifs is 13. The van der Waals surface area contributed by atoms with E-state index >= 15 is 0 Å². The van der Waals surface area contributed by atoms with Gasteiger partial charge in [0.05, 0.1) is 38.6 Å². The van der Waals surface area contributed by atoms with Gasteiger partial charge in [-0.25, -0.2) is 8.42 Å². The topological polar surface area (TPSA) is 94.8 Å². The van der Waals surface area contributed by atoms with Gasteiger partial charge >= 0.3 is 0 Å². The van der Waals surface area contributed by atoms with Crippen LogP contribution in [-0.4, -0.2) is 54.1 Å². The molecule has 1 fully saturated rings. The number of hydrogen-bond acceptors (Lipinski definition) is 5. The van der Waals surface area contributed by atoms with Crippen molar-refractivity contribution in [2.45, 2.75) is 48.9 Å². The molecule has 1 amide bonds. The molecule has 5 heterocycles. The Morgan fingerprint density at radius 3 is 2.32 bits per heavy atom. The first-order valence-corrected chi connectivity index (χ1v) is 16.2. The molecule has 1 N–H and O–H groups in total. The second kappa shape index (κ2) is 8.70. The van der Waals surface area contributed by atoms with E-state index in [1.165, 1.54) is 4.31 Å². The fourth-order valence-electron chi connectivity index (χ4n) is 8.31. The van der Waals surface area contributed by atoms with Crippen LogP contribution < -0.4 is 5.32 Å². The molecule has 222 valence electrons. The third kappa shape index (κ3) is 3.03. The van der Waals surface area contributed by atoms with Crippen molar-refractivity contribution in [2.24, 2.45) is 0 Å². The van der Waals surface area contributed by atoms with Crippen molar-refractivity contribution in [3.05, 3.63) is 90.0 Å². The highest BCUT2D eigenvalue weighted by Crippen LogP contribution is 2.54. The average Bonchev–Trinajstić information content (AvgIpc) is 3.68. The average molecular weight is 607 g/mol. The highest BCUT2D eigenvalue weighted by molar-refractivity contribution is 7.89. The number of amides is 1. The van der Waals surface area contributed by atoms with Gasteiger partial charge in [-0.2, -0.15) is 4.31 Å². The number of para-hydroxylation sites is 2. The van der Waals surface area contributed by atoms with E-state index in [0.717, 1.165) is 49.2 Å². The number of likely N-dealkylation sites (N-methyl/N-ethyl adjacent to an activating group) is 1. The predicted molar refractivity (Wildman–Crippen MR) is 168 cm³/mol.